The molecule has 1 saturated heterocycles. The second-order valence-corrected chi connectivity index (χ2v) is 4.69. The fraction of sp³-hybridized carbons (Fsp3) is 0.267. The molecule has 0 unspecified atom stereocenters. The van der Waals surface area contributed by atoms with Crippen molar-refractivity contribution in [3.05, 3.63) is 54.1 Å². The van der Waals surface area contributed by atoms with Gasteiger partial charge >= 0.3 is 6.18 Å². The summed E-state index contributed by atoms with van der Waals surface area (Å²) in [5.41, 5.74) is -0.148. The Kier molecular flexibility index (Phi) is 3.97. The number of likely N-dealkylation sites (tertiary alicyclic amines) is 1. The standard InChI is InChI=1S/C15H14F3NO/c1-2-14(20)19-9-12(10-19)7-6-11-4-3-5-13(8-11)15(16,17)18/h2-8,12H,1,9-10H2. The van der Waals surface area contributed by atoms with Crippen molar-refractivity contribution in [2.24, 2.45) is 5.92 Å². The van der Waals surface area contributed by atoms with Crippen LogP contribution in [0.5, 0.6) is 0 Å². The zero-order valence-electron chi connectivity index (χ0n) is 10.7. The number of hydrogen-bond donors (Lipinski definition) is 0. The summed E-state index contributed by atoms with van der Waals surface area (Å²) < 4.78 is 37.6. The van der Waals surface area contributed by atoms with Crippen LogP contribution in [0.1, 0.15) is 11.1 Å². The molecule has 5 heteroatoms. The molecule has 1 aliphatic rings. The normalized spacial score (nSPS) is 16.2. The maximum Gasteiger partial charge on any atom is 0.416 e. The Bertz CT molecular complexity index is 542. The molecular formula is C15H14F3NO. The molecule has 1 aromatic rings. The van der Waals surface area contributed by atoms with Gasteiger partial charge in [0.15, 0.2) is 0 Å². The van der Waals surface area contributed by atoms with Crippen LogP contribution in [0.15, 0.2) is 43.0 Å². The Morgan fingerprint density at radius 3 is 2.65 bits per heavy atom. The SMILES string of the molecule is C=CC(=O)N1CC(C=Cc2cccc(C(F)(F)F)c2)C1. The van der Waals surface area contributed by atoms with Crippen LogP contribution in [0.4, 0.5) is 13.2 Å². The first-order valence-electron chi connectivity index (χ1n) is 6.17. The van der Waals surface area contributed by atoms with Crippen molar-refractivity contribution < 1.29 is 18.0 Å². The molecule has 0 bridgehead atoms. The molecular weight excluding hydrogens is 267 g/mol. The van der Waals surface area contributed by atoms with Crippen LogP contribution >= 0.6 is 0 Å². The highest BCUT2D eigenvalue weighted by Crippen LogP contribution is 2.30. The maximum atomic E-state index is 12.5. The summed E-state index contributed by atoms with van der Waals surface area (Å²) in [4.78, 5) is 12.9. The molecule has 1 aromatic carbocycles. The lowest BCUT2D eigenvalue weighted by molar-refractivity contribution is -0.137. The molecule has 1 aliphatic heterocycles. The van der Waals surface area contributed by atoms with Gasteiger partial charge in [-0.2, -0.15) is 13.2 Å². The first kappa shape index (κ1) is 14.4. The minimum Gasteiger partial charge on any atom is -0.338 e. The van der Waals surface area contributed by atoms with Crippen molar-refractivity contribution >= 4 is 12.0 Å². The molecule has 2 nitrogen and oxygen atoms in total. The predicted molar refractivity (Wildman–Crippen MR) is 70.7 cm³/mol. The Morgan fingerprint density at radius 2 is 2.05 bits per heavy atom. The fourth-order valence-corrected chi connectivity index (χ4v) is 2.01. The Morgan fingerprint density at radius 1 is 1.35 bits per heavy atom. The lowest BCUT2D eigenvalue weighted by Crippen LogP contribution is -2.48. The number of nitrogens with zero attached hydrogens (tertiary/aromatic N) is 1. The van der Waals surface area contributed by atoms with E-state index in [1.165, 1.54) is 12.1 Å². The molecule has 2 rings (SSSR count). The van der Waals surface area contributed by atoms with Crippen molar-refractivity contribution in [3.63, 3.8) is 0 Å². The van der Waals surface area contributed by atoms with Gasteiger partial charge in [0.05, 0.1) is 5.56 Å². The average molecular weight is 281 g/mol. The van der Waals surface area contributed by atoms with E-state index in [0.29, 0.717) is 18.7 Å². The minimum atomic E-state index is -4.33. The molecule has 20 heavy (non-hydrogen) atoms. The number of hydrogen-bond acceptors (Lipinski definition) is 1. The van der Waals surface area contributed by atoms with E-state index in [4.69, 9.17) is 0 Å². The molecule has 0 aromatic heterocycles. The van der Waals surface area contributed by atoms with Gasteiger partial charge in [-0.25, -0.2) is 0 Å². The van der Waals surface area contributed by atoms with Crippen LogP contribution in [0.3, 0.4) is 0 Å². The Labute approximate surface area is 115 Å². The largest absolute Gasteiger partial charge is 0.416 e. The molecule has 0 saturated carbocycles. The number of benzene rings is 1. The molecule has 106 valence electrons. The van der Waals surface area contributed by atoms with Gasteiger partial charge in [0.25, 0.3) is 0 Å². The maximum absolute atomic E-state index is 12.5. The molecule has 1 fully saturated rings. The van der Waals surface area contributed by atoms with Gasteiger partial charge in [0, 0.05) is 19.0 Å². The Balaban J connectivity index is 1.96. The minimum absolute atomic E-state index is 0.117. The number of amides is 1. The van der Waals surface area contributed by atoms with Crippen molar-refractivity contribution in [1.29, 1.82) is 0 Å². The smallest absolute Gasteiger partial charge is 0.338 e. The number of carbonyl (C=O) groups excluding carboxylic acids is 1. The van der Waals surface area contributed by atoms with E-state index >= 15 is 0 Å². The second-order valence-electron chi connectivity index (χ2n) is 4.69. The summed E-state index contributed by atoms with van der Waals surface area (Å²) in [5, 5.41) is 0. The van der Waals surface area contributed by atoms with Gasteiger partial charge in [-0.3, -0.25) is 4.79 Å². The lowest BCUT2D eigenvalue weighted by Gasteiger charge is -2.37. The van der Waals surface area contributed by atoms with Crippen molar-refractivity contribution in [3.8, 4) is 0 Å². The van der Waals surface area contributed by atoms with Crippen molar-refractivity contribution in [2.45, 2.75) is 6.18 Å². The second kappa shape index (κ2) is 5.53. The summed E-state index contributed by atoms with van der Waals surface area (Å²) in [6.45, 7) is 4.57. The molecule has 0 spiro atoms. The predicted octanol–water partition coefficient (Wildman–Crippen LogP) is 3.36. The number of rotatable bonds is 3. The summed E-state index contributed by atoms with van der Waals surface area (Å²) in [6.07, 6.45) is 0.429. The van der Waals surface area contributed by atoms with Crippen molar-refractivity contribution in [2.75, 3.05) is 13.1 Å². The number of halogens is 3. The third kappa shape index (κ3) is 3.29. The van der Waals surface area contributed by atoms with Crippen LogP contribution in [0.2, 0.25) is 0 Å². The van der Waals surface area contributed by atoms with E-state index in [0.717, 1.165) is 12.1 Å². The summed E-state index contributed by atoms with van der Waals surface area (Å²) in [7, 11) is 0. The van der Waals surface area contributed by atoms with Gasteiger partial charge in [0.2, 0.25) is 5.91 Å². The third-order valence-electron chi connectivity index (χ3n) is 3.17. The van der Waals surface area contributed by atoms with E-state index in [1.54, 1.807) is 17.0 Å². The summed E-state index contributed by atoms with van der Waals surface area (Å²) in [5.74, 6) is 0.0714. The van der Waals surface area contributed by atoms with E-state index in [1.807, 2.05) is 6.08 Å². The first-order valence-corrected chi connectivity index (χ1v) is 6.17. The van der Waals surface area contributed by atoms with Crippen LogP contribution in [0.25, 0.3) is 6.08 Å². The van der Waals surface area contributed by atoms with Gasteiger partial charge < -0.3 is 4.90 Å². The van der Waals surface area contributed by atoms with E-state index in [9.17, 15) is 18.0 Å². The average Bonchev–Trinajstić information content (AvgIpc) is 2.36. The first-order chi connectivity index (χ1) is 9.40. The highest BCUT2D eigenvalue weighted by molar-refractivity contribution is 5.87. The van der Waals surface area contributed by atoms with Gasteiger partial charge in [0.1, 0.15) is 0 Å². The lowest BCUT2D eigenvalue weighted by atomic mass is 9.98. The highest BCUT2D eigenvalue weighted by atomic mass is 19.4. The van der Waals surface area contributed by atoms with Gasteiger partial charge in [-0.05, 0) is 23.8 Å². The van der Waals surface area contributed by atoms with Crippen molar-refractivity contribution in [1.82, 2.24) is 4.90 Å². The van der Waals surface area contributed by atoms with Gasteiger partial charge in [-0.15, -0.1) is 0 Å². The van der Waals surface area contributed by atoms with Crippen LogP contribution in [-0.2, 0) is 11.0 Å². The molecule has 0 aliphatic carbocycles. The number of carbonyl (C=O) groups is 1. The zero-order valence-corrected chi connectivity index (χ0v) is 10.7. The summed E-state index contributed by atoms with van der Waals surface area (Å²) >= 11 is 0. The van der Waals surface area contributed by atoms with E-state index < -0.39 is 11.7 Å². The molecule has 0 atom stereocenters. The topological polar surface area (TPSA) is 20.3 Å². The zero-order chi connectivity index (χ0) is 14.8. The monoisotopic (exact) mass is 281 g/mol. The summed E-state index contributed by atoms with van der Waals surface area (Å²) in [6, 6.07) is 5.17. The van der Waals surface area contributed by atoms with Crippen LogP contribution in [0, 0.1) is 5.92 Å². The van der Waals surface area contributed by atoms with Crippen LogP contribution < -0.4 is 0 Å². The van der Waals surface area contributed by atoms with E-state index in [-0.39, 0.29) is 11.8 Å². The quantitative estimate of drug-likeness (QED) is 0.778. The highest BCUT2D eigenvalue weighted by Gasteiger charge is 2.30. The molecule has 0 radical (unpaired) electrons. The van der Waals surface area contributed by atoms with E-state index in [2.05, 4.69) is 6.58 Å². The number of alkyl halides is 3. The molecule has 1 amide bonds. The third-order valence-corrected chi connectivity index (χ3v) is 3.17. The Hall–Kier alpha value is -2.04. The van der Waals surface area contributed by atoms with Crippen LogP contribution in [-0.4, -0.2) is 23.9 Å². The fourth-order valence-electron chi connectivity index (χ4n) is 2.01. The van der Waals surface area contributed by atoms with Gasteiger partial charge in [-0.1, -0.05) is 30.9 Å². The molecule has 1 heterocycles. The molecule has 0 N–H and O–H groups in total.